The van der Waals surface area contributed by atoms with Crippen LogP contribution in [0.5, 0.6) is 0 Å². The van der Waals surface area contributed by atoms with Crippen molar-refractivity contribution >= 4 is 48.6 Å². The van der Waals surface area contributed by atoms with Crippen LogP contribution >= 0.6 is 0 Å². The fourth-order valence-electron chi connectivity index (χ4n) is 1.78. The Kier molecular flexibility index (Phi) is 23.4. The summed E-state index contributed by atoms with van der Waals surface area (Å²) in [6.07, 6.45) is 3.12. The summed E-state index contributed by atoms with van der Waals surface area (Å²) in [6.45, 7) is 0.716. The van der Waals surface area contributed by atoms with E-state index >= 15 is 0 Å². The van der Waals surface area contributed by atoms with Crippen molar-refractivity contribution in [3.8, 4) is 0 Å². The average molecular weight is 306 g/mol. The van der Waals surface area contributed by atoms with Crippen LogP contribution in [0.4, 0.5) is 0 Å². The minimum absolute atomic E-state index is 0. The molecule has 0 saturated heterocycles. The molecule has 2 rings (SSSR count). The quantitative estimate of drug-likeness (QED) is 0.585. The van der Waals surface area contributed by atoms with Crippen molar-refractivity contribution in [3.05, 3.63) is 36.0 Å². The van der Waals surface area contributed by atoms with E-state index in [1.54, 1.807) is 0 Å². The van der Waals surface area contributed by atoms with Gasteiger partial charge in [0.05, 0.1) is 0 Å². The second kappa shape index (κ2) is 14.2. The summed E-state index contributed by atoms with van der Waals surface area (Å²) in [5, 5.41) is 1.33. The van der Waals surface area contributed by atoms with E-state index in [0.29, 0.717) is 6.54 Å². The van der Waals surface area contributed by atoms with Crippen molar-refractivity contribution in [1.29, 1.82) is 0 Å². The van der Waals surface area contributed by atoms with Crippen LogP contribution in [0.25, 0.3) is 10.9 Å². The van der Waals surface area contributed by atoms with E-state index in [2.05, 4.69) is 42.1 Å². The molecule has 0 radical (unpaired) electrons. The van der Waals surface area contributed by atoms with Gasteiger partial charge in [-0.25, -0.2) is 0 Å². The molecule has 1 aromatic heterocycles. The van der Waals surface area contributed by atoms with Gasteiger partial charge in [-0.15, -0.1) is 0 Å². The number of nitrogens with zero attached hydrogens (tertiary/aromatic N) is 1. The van der Waals surface area contributed by atoms with Crippen molar-refractivity contribution in [2.24, 2.45) is 12.8 Å². The molecule has 0 fully saturated rings. The van der Waals surface area contributed by atoms with Gasteiger partial charge in [0.15, 0.2) is 0 Å². The Morgan fingerprint density at radius 2 is 1.58 bits per heavy atom. The molecule has 0 saturated carbocycles. The molecule has 112 valence electrons. The summed E-state index contributed by atoms with van der Waals surface area (Å²) >= 11 is 0. The molecule has 0 bridgehead atoms. The van der Waals surface area contributed by atoms with E-state index in [4.69, 9.17) is 5.73 Å². The Morgan fingerprint density at radius 3 is 2.11 bits per heavy atom. The monoisotopic (exact) mass is 306 g/mol. The van der Waals surface area contributed by atoms with Crippen molar-refractivity contribution < 1.29 is 30.2 Å². The van der Waals surface area contributed by atoms with Crippen molar-refractivity contribution in [2.75, 3.05) is 6.54 Å². The zero-order valence-electron chi connectivity index (χ0n) is 13.0. The predicted octanol–water partition coefficient (Wildman–Crippen LogP) is -2.60. The molecule has 0 aliphatic carbocycles. The number of hydrogen-bond donors (Lipinski definition) is 1. The molecule has 8 heteroatoms. The zero-order chi connectivity index (χ0) is 9.26. The van der Waals surface area contributed by atoms with E-state index in [-0.39, 0.29) is 68.0 Å². The van der Waals surface area contributed by atoms with Crippen molar-refractivity contribution in [3.63, 3.8) is 0 Å². The van der Waals surface area contributed by atoms with Gasteiger partial charge in [-0.2, -0.15) is 0 Å². The maximum Gasteiger partial charge on any atom is 2.00 e. The molecule has 0 aliphatic rings. The first-order valence-corrected chi connectivity index (χ1v) is 4.56. The van der Waals surface area contributed by atoms with Crippen LogP contribution in [0.3, 0.4) is 0 Å². The summed E-state index contributed by atoms with van der Waals surface area (Å²) in [6, 6.07) is 8.42. The van der Waals surface area contributed by atoms with E-state index in [1.165, 1.54) is 16.5 Å². The number of rotatable bonds is 2. The van der Waals surface area contributed by atoms with E-state index in [0.717, 1.165) is 6.42 Å². The van der Waals surface area contributed by atoms with Crippen LogP contribution in [0.15, 0.2) is 30.5 Å². The Balaban J connectivity index is -0.0000000490. The molecular formula is C11H26CaN2O5. The minimum atomic E-state index is 0. The average Bonchev–Trinajstić information content (AvgIpc) is 2.46. The molecule has 2 aromatic rings. The third-order valence-electron chi connectivity index (χ3n) is 2.39. The SMILES string of the molecule is Cn1cc(CCN)c2ccccc21.O.O.O.O.O.[Ca+2].[H-].[H-]. The molecule has 0 unspecified atom stereocenters. The van der Waals surface area contributed by atoms with Gasteiger partial charge in [0.2, 0.25) is 0 Å². The minimum Gasteiger partial charge on any atom is -1.00 e. The Labute approximate surface area is 144 Å². The van der Waals surface area contributed by atoms with Gasteiger partial charge in [-0.3, -0.25) is 0 Å². The molecule has 0 spiro atoms. The maximum atomic E-state index is 5.55. The van der Waals surface area contributed by atoms with Gasteiger partial charge in [-0.1, -0.05) is 18.2 Å². The smallest absolute Gasteiger partial charge is 1.00 e. The van der Waals surface area contributed by atoms with Gasteiger partial charge < -0.3 is 40.5 Å². The number of aryl methyl sites for hydroxylation is 1. The fourth-order valence-corrected chi connectivity index (χ4v) is 1.78. The second-order valence-corrected chi connectivity index (χ2v) is 3.32. The van der Waals surface area contributed by atoms with Crippen LogP contribution in [-0.4, -0.2) is 76.2 Å². The first-order chi connectivity index (χ1) is 6.33. The number of para-hydroxylation sites is 1. The summed E-state index contributed by atoms with van der Waals surface area (Å²) in [7, 11) is 2.07. The van der Waals surface area contributed by atoms with Gasteiger partial charge in [-0.05, 0) is 24.6 Å². The van der Waals surface area contributed by atoms with Crippen LogP contribution in [-0.2, 0) is 13.5 Å². The van der Waals surface area contributed by atoms with Crippen LogP contribution in [0, 0.1) is 0 Å². The van der Waals surface area contributed by atoms with E-state index in [9.17, 15) is 0 Å². The molecule has 0 aliphatic heterocycles. The summed E-state index contributed by atoms with van der Waals surface area (Å²) in [5.41, 5.74) is 8.18. The standard InChI is InChI=1S/C11H14N2.Ca.5H2O.2H/c1-13-8-9(6-7-12)10-4-2-3-5-11(10)13;;;;;;;;/h2-5,8H,6-7,12H2,1H3;;5*1H2;;/q;+2;;;;;;2*-1. The molecule has 7 nitrogen and oxygen atoms in total. The Morgan fingerprint density at radius 1 is 1.05 bits per heavy atom. The molecule has 0 amide bonds. The first-order valence-electron chi connectivity index (χ1n) is 4.56. The van der Waals surface area contributed by atoms with Gasteiger partial charge in [0.1, 0.15) is 0 Å². The Bertz CT molecular complexity index is 445. The van der Waals surface area contributed by atoms with Crippen LogP contribution in [0.2, 0.25) is 0 Å². The third kappa shape index (κ3) is 6.66. The topological polar surface area (TPSA) is 188 Å². The van der Waals surface area contributed by atoms with Crippen molar-refractivity contribution in [2.45, 2.75) is 6.42 Å². The zero-order valence-corrected chi connectivity index (χ0v) is 13.2. The van der Waals surface area contributed by atoms with Gasteiger partial charge >= 0.3 is 37.7 Å². The molecule has 12 N–H and O–H groups in total. The summed E-state index contributed by atoms with van der Waals surface area (Å²) < 4.78 is 2.15. The molecule has 19 heavy (non-hydrogen) atoms. The maximum absolute atomic E-state index is 5.55. The van der Waals surface area contributed by atoms with Crippen LogP contribution in [0.1, 0.15) is 8.42 Å². The first kappa shape index (κ1) is 31.3. The van der Waals surface area contributed by atoms with E-state index in [1.807, 2.05) is 0 Å². The van der Waals surface area contributed by atoms with Gasteiger partial charge in [0, 0.05) is 24.1 Å². The molecule has 1 aromatic carbocycles. The van der Waals surface area contributed by atoms with Crippen molar-refractivity contribution in [1.82, 2.24) is 4.57 Å². The summed E-state index contributed by atoms with van der Waals surface area (Å²) in [4.78, 5) is 0. The molecular weight excluding hydrogens is 280 g/mol. The number of hydrogen-bond acceptors (Lipinski definition) is 1. The Hall–Kier alpha value is -0.220. The summed E-state index contributed by atoms with van der Waals surface area (Å²) in [5.74, 6) is 0. The number of benzene rings is 1. The second-order valence-electron chi connectivity index (χ2n) is 3.32. The van der Waals surface area contributed by atoms with E-state index < -0.39 is 0 Å². The molecule has 1 heterocycles. The normalized spacial score (nSPS) is 7.47. The fraction of sp³-hybridized carbons (Fsp3) is 0.273. The third-order valence-corrected chi connectivity index (χ3v) is 2.39. The molecule has 0 atom stereocenters. The number of nitrogens with two attached hydrogens (primary N) is 1. The van der Waals surface area contributed by atoms with Crippen LogP contribution < -0.4 is 5.73 Å². The number of fused-ring (bicyclic) bond motifs is 1. The largest absolute Gasteiger partial charge is 2.00 e. The van der Waals surface area contributed by atoms with Gasteiger partial charge in [0.25, 0.3) is 0 Å². The number of aromatic nitrogens is 1. The predicted molar refractivity (Wildman–Crippen MR) is 81.7 cm³/mol.